The maximum absolute atomic E-state index is 12.3. The van der Waals surface area contributed by atoms with E-state index in [9.17, 15) is 9.59 Å². The Kier molecular flexibility index (Phi) is 5.97. The molecular weight excluding hydrogens is 411 g/mol. The minimum atomic E-state index is -0.509. The van der Waals surface area contributed by atoms with Gasteiger partial charge in [-0.25, -0.2) is 4.79 Å². The molecule has 2 aromatic rings. The summed E-state index contributed by atoms with van der Waals surface area (Å²) < 4.78 is 16.8. The SMILES string of the molecule is CCOc1cc(C=O)ccc1OC(=O)c1ccc(OC)c(I)c1. The molecule has 120 valence electrons. The smallest absolute Gasteiger partial charge is 0.343 e. The van der Waals surface area contributed by atoms with Crippen LogP contribution in [0.25, 0.3) is 0 Å². The summed E-state index contributed by atoms with van der Waals surface area (Å²) in [7, 11) is 1.57. The third-order valence-electron chi connectivity index (χ3n) is 2.99. The van der Waals surface area contributed by atoms with Crippen LogP contribution >= 0.6 is 22.6 Å². The van der Waals surface area contributed by atoms with E-state index in [-0.39, 0.29) is 5.75 Å². The average Bonchev–Trinajstić information content (AvgIpc) is 2.56. The van der Waals surface area contributed by atoms with Gasteiger partial charge in [-0.1, -0.05) is 0 Å². The minimum Gasteiger partial charge on any atom is -0.496 e. The summed E-state index contributed by atoms with van der Waals surface area (Å²) >= 11 is 2.08. The number of ether oxygens (including phenoxy) is 3. The number of hydrogen-bond acceptors (Lipinski definition) is 5. The largest absolute Gasteiger partial charge is 0.496 e. The number of carbonyl (C=O) groups excluding carboxylic acids is 2. The maximum Gasteiger partial charge on any atom is 0.343 e. The molecular formula is C17H15IO5. The molecule has 0 amide bonds. The third-order valence-corrected chi connectivity index (χ3v) is 3.84. The topological polar surface area (TPSA) is 61.8 Å². The van der Waals surface area contributed by atoms with Crippen molar-refractivity contribution in [3.63, 3.8) is 0 Å². The lowest BCUT2D eigenvalue weighted by Crippen LogP contribution is -2.10. The molecule has 0 aliphatic carbocycles. The molecule has 6 heteroatoms. The standard InChI is InChI=1S/C17H15IO5/c1-3-22-16-8-11(10-19)4-6-15(16)23-17(20)12-5-7-14(21-2)13(18)9-12/h4-10H,3H2,1-2H3. The molecule has 2 aromatic carbocycles. The van der Waals surface area contributed by atoms with Crippen molar-refractivity contribution in [1.82, 2.24) is 0 Å². The minimum absolute atomic E-state index is 0.272. The first-order valence-electron chi connectivity index (χ1n) is 6.86. The lowest BCUT2D eigenvalue weighted by atomic mass is 10.2. The van der Waals surface area contributed by atoms with Gasteiger partial charge in [0.05, 0.1) is 22.9 Å². The first kappa shape index (κ1) is 17.3. The van der Waals surface area contributed by atoms with Gasteiger partial charge in [0.2, 0.25) is 0 Å². The van der Waals surface area contributed by atoms with Gasteiger partial charge >= 0.3 is 5.97 Å². The molecule has 0 bridgehead atoms. The summed E-state index contributed by atoms with van der Waals surface area (Å²) in [6.45, 7) is 2.21. The van der Waals surface area contributed by atoms with Gasteiger partial charge in [-0.15, -0.1) is 0 Å². The summed E-state index contributed by atoms with van der Waals surface area (Å²) in [5.41, 5.74) is 0.851. The second kappa shape index (κ2) is 7.96. The van der Waals surface area contributed by atoms with Gasteiger partial charge in [0.1, 0.15) is 12.0 Å². The molecule has 5 nitrogen and oxygen atoms in total. The van der Waals surface area contributed by atoms with Gasteiger partial charge < -0.3 is 14.2 Å². The van der Waals surface area contributed by atoms with E-state index in [1.807, 2.05) is 6.92 Å². The summed E-state index contributed by atoms with van der Waals surface area (Å²) in [6.07, 6.45) is 0.708. The molecule has 0 unspecified atom stereocenters. The molecule has 0 saturated heterocycles. The first-order chi connectivity index (χ1) is 11.1. The number of aldehydes is 1. The molecule has 0 aliphatic heterocycles. The highest BCUT2D eigenvalue weighted by molar-refractivity contribution is 14.1. The van der Waals surface area contributed by atoms with Gasteiger partial charge in [-0.2, -0.15) is 0 Å². The quantitative estimate of drug-likeness (QED) is 0.305. The van der Waals surface area contributed by atoms with Gasteiger partial charge in [-0.05, 0) is 65.9 Å². The highest BCUT2D eigenvalue weighted by Gasteiger charge is 2.14. The van der Waals surface area contributed by atoms with E-state index in [1.54, 1.807) is 37.4 Å². The second-order valence-corrected chi connectivity index (χ2v) is 5.66. The van der Waals surface area contributed by atoms with Crippen LogP contribution in [0.3, 0.4) is 0 Å². The van der Waals surface area contributed by atoms with Crippen LogP contribution < -0.4 is 14.2 Å². The molecule has 0 N–H and O–H groups in total. The molecule has 23 heavy (non-hydrogen) atoms. The molecule has 0 spiro atoms. The normalized spacial score (nSPS) is 10.0. The van der Waals surface area contributed by atoms with Crippen molar-refractivity contribution in [2.45, 2.75) is 6.92 Å². The molecule has 0 saturated carbocycles. The van der Waals surface area contributed by atoms with Crippen molar-refractivity contribution in [1.29, 1.82) is 0 Å². The highest BCUT2D eigenvalue weighted by atomic mass is 127. The fourth-order valence-corrected chi connectivity index (χ4v) is 2.64. The zero-order valence-electron chi connectivity index (χ0n) is 12.7. The number of esters is 1. The molecule has 0 fully saturated rings. The van der Waals surface area contributed by atoms with Crippen molar-refractivity contribution in [3.05, 3.63) is 51.1 Å². The van der Waals surface area contributed by atoms with Crippen molar-refractivity contribution in [3.8, 4) is 17.2 Å². The van der Waals surface area contributed by atoms with Crippen molar-refractivity contribution in [2.24, 2.45) is 0 Å². The van der Waals surface area contributed by atoms with Crippen LogP contribution in [0.15, 0.2) is 36.4 Å². The van der Waals surface area contributed by atoms with Gasteiger partial charge in [0.25, 0.3) is 0 Å². The van der Waals surface area contributed by atoms with Gasteiger partial charge in [0.15, 0.2) is 11.5 Å². The van der Waals surface area contributed by atoms with Crippen LogP contribution in [0.5, 0.6) is 17.2 Å². The Labute approximate surface area is 147 Å². The molecule has 2 rings (SSSR count). The van der Waals surface area contributed by atoms with E-state index in [0.717, 1.165) is 3.57 Å². The second-order valence-electron chi connectivity index (χ2n) is 4.50. The Balaban J connectivity index is 2.25. The average molecular weight is 426 g/mol. The maximum atomic E-state index is 12.3. The Morgan fingerprint density at radius 1 is 1.13 bits per heavy atom. The van der Waals surface area contributed by atoms with E-state index in [2.05, 4.69) is 22.6 Å². The van der Waals surface area contributed by atoms with Crippen LogP contribution in [-0.4, -0.2) is 26.0 Å². The Bertz CT molecular complexity index is 727. The van der Waals surface area contributed by atoms with Crippen LogP contribution in [0.1, 0.15) is 27.6 Å². The Morgan fingerprint density at radius 2 is 1.87 bits per heavy atom. The zero-order valence-corrected chi connectivity index (χ0v) is 14.8. The predicted octanol–water partition coefficient (Wildman–Crippen LogP) is 3.73. The van der Waals surface area contributed by atoms with E-state index >= 15 is 0 Å². The van der Waals surface area contributed by atoms with Crippen molar-refractivity contribution >= 4 is 34.8 Å². The van der Waals surface area contributed by atoms with Crippen LogP contribution in [0, 0.1) is 3.57 Å². The van der Waals surface area contributed by atoms with Gasteiger partial charge in [0, 0.05) is 5.56 Å². The molecule has 0 radical (unpaired) electrons. The first-order valence-corrected chi connectivity index (χ1v) is 7.94. The predicted molar refractivity (Wildman–Crippen MR) is 93.7 cm³/mol. The summed E-state index contributed by atoms with van der Waals surface area (Å²) in [6, 6.07) is 9.66. The fourth-order valence-electron chi connectivity index (χ4n) is 1.90. The Morgan fingerprint density at radius 3 is 2.48 bits per heavy atom. The van der Waals surface area contributed by atoms with E-state index in [0.29, 0.717) is 35.5 Å². The zero-order chi connectivity index (χ0) is 16.8. The number of carbonyl (C=O) groups is 2. The molecule has 0 aliphatic rings. The van der Waals surface area contributed by atoms with Crippen LogP contribution in [0.2, 0.25) is 0 Å². The number of hydrogen-bond donors (Lipinski definition) is 0. The fraction of sp³-hybridized carbons (Fsp3) is 0.176. The van der Waals surface area contributed by atoms with Crippen molar-refractivity contribution in [2.75, 3.05) is 13.7 Å². The number of halogens is 1. The van der Waals surface area contributed by atoms with E-state index in [1.165, 1.54) is 6.07 Å². The van der Waals surface area contributed by atoms with E-state index < -0.39 is 5.97 Å². The van der Waals surface area contributed by atoms with Gasteiger partial charge in [-0.3, -0.25) is 4.79 Å². The molecule has 0 heterocycles. The van der Waals surface area contributed by atoms with Crippen molar-refractivity contribution < 1.29 is 23.8 Å². The Hall–Kier alpha value is -2.09. The number of benzene rings is 2. The van der Waals surface area contributed by atoms with E-state index in [4.69, 9.17) is 14.2 Å². The number of methoxy groups -OCH3 is 1. The highest BCUT2D eigenvalue weighted by Crippen LogP contribution is 2.29. The third kappa shape index (κ3) is 4.22. The summed E-state index contributed by atoms with van der Waals surface area (Å²) in [5, 5.41) is 0. The summed E-state index contributed by atoms with van der Waals surface area (Å²) in [5.74, 6) is 0.805. The lowest BCUT2D eigenvalue weighted by Gasteiger charge is -2.11. The van der Waals surface area contributed by atoms with Crippen LogP contribution in [0.4, 0.5) is 0 Å². The lowest BCUT2D eigenvalue weighted by molar-refractivity contribution is 0.0728. The molecule has 0 atom stereocenters. The van der Waals surface area contributed by atoms with Crippen LogP contribution in [-0.2, 0) is 0 Å². The summed E-state index contributed by atoms with van der Waals surface area (Å²) in [4.78, 5) is 23.1. The monoisotopic (exact) mass is 426 g/mol. The molecule has 0 aromatic heterocycles. The number of rotatable bonds is 6.